The van der Waals surface area contributed by atoms with Gasteiger partial charge in [-0.2, -0.15) is 0 Å². The quantitative estimate of drug-likeness (QED) is 0.830. The van der Waals surface area contributed by atoms with Crippen molar-refractivity contribution in [1.82, 2.24) is 4.90 Å². The second-order valence-corrected chi connectivity index (χ2v) is 5.56. The fourth-order valence-corrected chi connectivity index (χ4v) is 2.88. The summed E-state index contributed by atoms with van der Waals surface area (Å²) in [6.07, 6.45) is 1.71. The molecule has 0 aliphatic carbocycles. The Labute approximate surface area is 122 Å². The third-order valence-electron chi connectivity index (χ3n) is 4.13. The number of anilines is 1. The van der Waals surface area contributed by atoms with Gasteiger partial charge in [0.2, 0.25) is 11.8 Å². The number of likely N-dealkylation sites (tertiary alicyclic amines) is 1. The van der Waals surface area contributed by atoms with Crippen LogP contribution in [0, 0.1) is 5.92 Å². The van der Waals surface area contributed by atoms with Crippen molar-refractivity contribution in [2.45, 2.75) is 19.3 Å². The van der Waals surface area contributed by atoms with E-state index in [1.165, 1.54) is 0 Å². The number of rotatable bonds is 2. The molecule has 1 atom stereocenters. The van der Waals surface area contributed by atoms with Crippen molar-refractivity contribution >= 4 is 23.4 Å². The van der Waals surface area contributed by atoms with Crippen LogP contribution in [0.3, 0.4) is 0 Å². The monoisotopic (exact) mass is 287 g/mol. The zero-order valence-corrected chi connectivity index (χ0v) is 11.6. The number of hydrogen-bond donors (Lipinski definition) is 2. The van der Waals surface area contributed by atoms with Gasteiger partial charge in [-0.1, -0.05) is 0 Å². The number of carbonyl (C=O) groups is 3. The first-order chi connectivity index (χ1) is 10.0. The van der Waals surface area contributed by atoms with E-state index in [9.17, 15) is 14.4 Å². The second kappa shape index (κ2) is 5.20. The first kappa shape index (κ1) is 13.6. The largest absolute Gasteiger partial charge is 0.369 e. The molecular weight excluding hydrogens is 270 g/mol. The molecule has 3 amide bonds. The number of nitrogens with one attached hydrogen (secondary N) is 1. The van der Waals surface area contributed by atoms with E-state index in [2.05, 4.69) is 5.32 Å². The van der Waals surface area contributed by atoms with Crippen LogP contribution in [-0.4, -0.2) is 35.7 Å². The fourth-order valence-electron chi connectivity index (χ4n) is 2.88. The molecule has 0 aromatic heterocycles. The molecule has 1 aromatic carbocycles. The van der Waals surface area contributed by atoms with Crippen molar-refractivity contribution < 1.29 is 14.4 Å². The van der Waals surface area contributed by atoms with E-state index >= 15 is 0 Å². The van der Waals surface area contributed by atoms with Gasteiger partial charge in [0.15, 0.2) is 0 Å². The smallest absolute Gasteiger partial charge is 0.253 e. The lowest BCUT2D eigenvalue weighted by Crippen LogP contribution is -2.32. The van der Waals surface area contributed by atoms with E-state index in [1.807, 2.05) is 6.07 Å². The maximum Gasteiger partial charge on any atom is 0.253 e. The van der Waals surface area contributed by atoms with Gasteiger partial charge < -0.3 is 16.0 Å². The van der Waals surface area contributed by atoms with Gasteiger partial charge in [-0.3, -0.25) is 14.4 Å². The lowest BCUT2D eigenvalue weighted by Gasteiger charge is -2.20. The molecule has 6 heteroatoms. The number of fused-ring (bicyclic) bond motifs is 1. The van der Waals surface area contributed by atoms with Crippen molar-refractivity contribution in [3.8, 4) is 0 Å². The molecule has 0 saturated carbocycles. The number of benzene rings is 1. The lowest BCUT2D eigenvalue weighted by molar-refractivity contribution is -0.121. The number of carbonyl (C=O) groups excluding carboxylic acids is 3. The van der Waals surface area contributed by atoms with Gasteiger partial charge in [-0.05, 0) is 36.6 Å². The van der Waals surface area contributed by atoms with Gasteiger partial charge in [0.1, 0.15) is 0 Å². The van der Waals surface area contributed by atoms with Crippen molar-refractivity contribution in [2.75, 3.05) is 18.4 Å². The number of aryl methyl sites for hydroxylation is 1. The predicted molar refractivity (Wildman–Crippen MR) is 76.6 cm³/mol. The molecular formula is C15H17N3O3. The minimum Gasteiger partial charge on any atom is -0.369 e. The van der Waals surface area contributed by atoms with Gasteiger partial charge in [0.25, 0.3) is 5.91 Å². The van der Waals surface area contributed by atoms with E-state index in [0.717, 1.165) is 11.3 Å². The van der Waals surface area contributed by atoms with Gasteiger partial charge in [-0.15, -0.1) is 0 Å². The molecule has 2 heterocycles. The van der Waals surface area contributed by atoms with E-state index < -0.39 is 0 Å². The minimum absolute atomic E-state index is 0.00502. The SMILES string of the molecule is NC(=O)C1CCN(C(=O)c2ccc3c(c2)CCC(=O)N3)C1. The minimum atomic E-state index is -0.349. The van der Waals surface area contributed by atoms with Crippen LogP contribution >= 0.6 is 0 Å². The molecule has 3 rings (SSSR count). The van der Waals surface area contributed by atoms with E-state index in [4.69, 9.17) is 5.73 Å². The normalized spacial score (nSPS) is 20.9. The van der Waals surface area contributed by atoms with Crippen LogP contribution in [0.4, 0.5) is 5.69 Å². The van der Waals surface area contributed by atoms with Crippen LogP contribution in [0.2, 0.25) is 0 Å². The Bertz CT molecular complexity index is 627. The molecule has 2 aliphatic rings. The lowest BCUT2D eigenvalue weighted by atomic mass is 10.00. The second-order valence-electron chi connectivity index (χ2n) is 5.56. The highest BCUT2D eigenvalue weighted by molar-refractivity contribution is 5.98. The average Bonchev–Trinajstić information content (AvgIpc) is 2.96. The molecule has 2 aliphatic heterocycles. The summed E-state index contributed by atoms with van der Waals surface area (Å²) < 4.78 is 0. The third-order valence-corrected chi connectivity index (χ3v) is 4.13. The molecule has 1 aromatic rings. The molecule has 1 unspecified atom stereocenters. The Hall–Kier alpha value is -2.37. The van der Waals surface area contributed by atoms with Crippen LogP contribution < -0.4 is 11.1 Å². The maximum atomic E-state index is 12.5. The summed E-state index contributed by atoms with van der Waals surface area (Å²) in [5.41, 5.74) is 7.63. The molecule has 1 fully saturated rings. The number of hydrogen-bond acceptors (Lipinski definition) is 3. The molecule has 1 saturated heterocycles. The van der Waals surface area contributed by atoms with Crippen molar-refractivity contribution in [3.05, 3.63) is 29.3 Å². The van der Waals surface area contributed by atoms with Crippen LogP contribution in [0.1, 0.15) is 28.8 Å². The third kappa shape index (κ3) is 2.61. The molecule has 21 heavy (non-hydrogen) atoms. The molecule has 0 bridgehead atoms. The highest BCUT2D eigenvalue weighted by Crippen LogP contribution is 2.25. The Balaban J connectivity index is 1.77. The Kier molecular flexibility index (Phi) is 3.37. The summed E-state index contributed by atoms with van der Waals surface area (Å²) in [5, 5.41) is 2.79. The summed E-state index contributed by atoms with van der Waals surface area (Å²) in [6.45, 7) is 0.947. The Morgan fingerprint density at radius 2 is 2.10 bits per heavy atom. The molecule has 0 radical (unpaired) electrons. The summed E-state index contributed by atoms with van der Waals surface area (Å²) >= 11 is 0. The van der Waals surface area contributed by atoms with Crippen LogP contribution in [-0.2, 0) is 16.0 Å². The number of amides is 3. The molecule has 110 valence electrons. The average molecular weight is 287 g/mol. The van der Waals surface area contributed by atoms with Gasteiger partial charge in [-0.25, -0.2) is 0 Å². The number of nitrogens with two attached hydrogens (primary N) is 1. The Morgan fingerprint density at radius 3 is 2.81 bits per heavy atom. The van der Waals surface area contributed by atoms with Crippen LogP contribution in [0.25, 0.3) is 0 Å². The van der Waals surface area contributed by atoms with Crippen molar-refractivity contribution in [1.29, 1.82) is 0 Å². The van der Waals surface area contributed by atoms with Gasteiger partial charge in [0.05, 0.1) is 5.92 Å². The zero-order chi connectivity index (χ0) is 15.0. The summed E-state index contributed by atoms with van der Waals surface area (Å²) in [6, 6.07) is 5.31. The summed E-state index contributed by atoms with van der Waals surface area (Å²) in [5.74, 6) is -0.673. The molecule has 3 N–H and O–H groups in total. The Morgan fingerprint density at radius 1 is 1.29 bits per heavy atom. The first-order valence-electron chi connectivity index (χ1n) is 7.06. The summed E-state index contributed by atoms with van der Waals surface area (Å²) in [7, 11) is 0. The van der Waals surface area contributed by atoms with Crippen LogP contribution in [0.5, 0.6) is 0 Å². The standard InChI is InChI=1S/C15H17N3O3/c16-14(20)11-5-6-18(8-11)15(21)10-1-3-12-9(7-10)2-4-13(19)17-12/h1,3,7,11H,2,4-6,8H2,(H2,16,20)(H,17,19). The van der Waals surface area contributed by atoms with Crippen molar-refractivity contribution in [3.63, 3.8) is 0 Å². The highest BCUT2D eigenvalue weighted by atomic mass is 16.2. The summed E-state index contributed by atoms with van der Waals surface area (Å²) in [4.78, 5) is 36.6. The molecule has 6 nitrogen and oxygen atoms in total. The molecule has 0 spiro atoms. The predicted octanol–water partition coefficient (Wildman–Crippen LogP) is 0.519. The zero-order valence-electron chi connectivity index (χ0n) is 11.6. The topological polar surface area (TPSA) is 92.5 Å². The van der Waals surface area contributed by atoms with Crippen molar-refractivity contribution in [2.24, 2.45) is 11.7 Å². The fraction of sp³-hybridized carbons (Fsp3) is 0.400. The van der Waals surface area contributed by atoms with Gasteiger partial charge in [0, 0.05) is 30.8 Å². The highest BCUT2D eigenvalue weighted by Gasteiger charge is 2.30. The number of nitrogens with zero attached hydrogens (tertiary/aromatic N) is 1. The van der Waals surface area contributed by atoms with Gasteiger partial charge >= 0.3 is 0 Å². The maximum absolute atomic E-state index is 12.5. The van der Waals surface area contributed by atoms with E-state index in [-0.39, 0.29) is 23.6 Å². The number of primary amides is 1. The first-order valence-corrected chi connectivity index (χ1v) is 7.06. The van der Waals surface area contributed by atoms with E-state index in [0.29, 0.717) is 37.9 Å². The van der Waals surface area contributed by atoms with Crippen LogP contribution in [0.15, 0.2) is 18.2 Å². The van der Waals surface area contributed by atoms with E-state index in [1.54, 1.807) is 17.0 Å².